The maximum atomic E-state index is 5.83. The molecule has 2 heterocycles. The highest BCUT2D eigenvalue weighted by atomic mass is 16.3. The smallest absolute Gasteiger partial charge is 0.123 e. The van der Waals surface area contributed by atoms with Gasteiger partial charge in [-0.05, 0) is 12.1 Å². The van der Waals surface area contributed by atoms with E-state index in [1.165, 1.54) is 0 Å². The van der Waals surface area contributed by atoms with E-state index in [9.17, 15) is 0 Å². The standard InChI is InChI=1S/C15H23N3O/c1-11(2)15-16-7-8-18(15)10-14-6-5-13(19-14)9-17-12(3)4/h5-8,11-12,17H,9-10H2,1-4H3. The van der Waals surface area contributed by atoms with Gasteiger partial charge in [-0.25, -0.2) is 4.98 Å². The van der Waals surface area contributed by atoms with Crippen molar-refractivity contribution < 1.29 is 4.42 Å². The molecule has 0 saturated heterocycles. The van der Waals surface area contributed by atoms with E-state index in [4.69, 9.17) is 4.42 Å². The highest BCUT2D eigenvalue weighted by Crippen LogP contribution is 2.15. The second-order valence-corrected chi connectivity index (χ2v) is 5.47. The van der Waals surface area contributed by atoms with Gasteiger partial charge in [0.15, 0.2) is 0 Å². The molecule has 2 aromatic rings. The van der Waals surface area contributed by atoms with E-state index < -0.39 is 0 Å². The number of aromatic nitrogens is 2. The first-order chi connectivity index (χ1) is 9.06. The van der Waals surface area contributed by atoms with E-state index in [2.05, 4.69) is 42.6 Å². The normalized spacial score (nSPS) is 11.7. The topological polar surface area (TPSA) is 43.0 Å². The van der Waals surface area contributed by atoms with Crippen molar-refractivity contribution >= 4 is 0 Å². The summed E-state index contributed by atoms with van der Waals surface area (Å²) in [6.45, 7) is 10.1. The fraction of sp³-hybridized carbons (Fsp3) is 0.533. The molecule has 2 aromatic heterocycles. The molecular formula is C15H23N3O. The Bertz CT molecular complexity index is 511. The zero-order valence-electron chi connectivity index (χ0n) is 12.2. The Balaban J connectivity index is 2.01. The summed E-state index contributed by atoms with van der Waals surface area (Å²) < 4.78 is 7.97. The molecule has 2 rings (SSSR count). The van der Waals surface area contributed by atoms with Gasteiger partial charge in [-0.2, -0.15) is 0 Å². The molecular weight excluding hydrogens is 238 g/mol. The lowest BCUT2D eigenvalue weighted by Crippen LogP contribution is -2.21. The van der Waals surface area contributed by atoms with E-state index in [0.717, 1.165) is 30.4 Å². The molecule has 0 atom stereocenters. The SMILES string of the molecule is CC(C)NCc1ccc(Cn2ccnc2C(C)C)o1. The molecule has 0 aliphatic heterocycles. The molecule has 0 fully saturated rings. The fourth-order valence-corrected chi connectivity index (χ4v) is 2.03. The Hall–Kier alpha value is -1.55. The number of imidazole rings is 1. The Labute approximate surface area is 114 Å². The minimum Gasteiger partial charge on any atom is -0.463 e. The van der Waals surface area contributed by atoms with Crippen LogP contribution in [-0.2, 0) is 13.1 Å². The molecule has 0 aliphatic rings. The zero-order chi connectivity index (χ0) is 13.8. The van der Waals surface area contributed by atoms with Gasteiger partial charge in [-0.1, -0.05) is 27.7 Å². The average Bonchev–Trinajstić information content (AvgIpc) is 2.96. The van der Waals surface area contributed by atoms with Crippen molar-refractivity contribution in [3.63, 3.8) is 0 Å². The maximum absolute atomic E-state index is 5.83. The summed E-state index contributed by atoms with van der Waals surface area (Å²) >= 11 is 0. The molecule has 4 heteroatoms. The van der Waals surface area contributed by atoms with Crippen molar-refractivity contribution in [2.24, 2.45) is 0 Å². The van der Waals surface area contributed by atoms with Gasteiger partial charge in [0.05, 0.1) is 13.1 Å². The second kappa shape index (κ2) is 6.06. The molecule has 19 heavy (non-hydrogen) atoms. The van der Waals surface area contributed by atoms with Crippen LogP contribution < -0.4 is 5.32 Å². The Kier molecular flexibility index (Phi) is 4.43. The van der Waals surface area contributed by atoms with Crippen molar-refractivity contribution in [2.75, 3.05) is 0 Å². The molecule has 0 unspecified atom stereocenters. The van der Waals surface area contributed by atoms with Crippen LogP contribution in [0.2, 0.25) is 0 Å². The van der Waals surface area contributed by atoms with Crippen molar-refractivity contribution in [3.05, 3.63) is 41.9 Å². The van der Waals surface area contributed by atoms with Gasteiger partial charge in [-0.15, -0.1) is 0 Å². The number of rotatable bonds is 6. The van der Waals surface area contributed by atoms with Crippen LogP contribution in [0.25, 0.3) is 0 Å². The van der Waals surface area contributed by atoms with Gasteiger partial charge in [0.2, 0.25) is 0 Å². The predicted octanol–water partition coefficient (Wildman–Crippen LogP) is 3.15. The van der Waals surface area contributed by atoms with E-state index in [-0.39, 0.29) is 0 Å². The number of hydrogen-bond donors (Lipinski definition) is 1. The molecule has 0 spiro atoms. The fourth-order valence-electron chi connectivity index (χ4n) is 2.03. The van der Waals surface area contributed by atoms with E-state index in [0.29, 0.717) is 12.0 Å². The Morgan fingerprint density at radius 2 is 1.95 bits per heavy atom. The molecule has 0 aromatic carbocycles. The number of hydrogen-bond acceptors (Lipinski definition) is 3. The van der Waals surface area contributed by atoms with Gasteiger partial charge in [0.25, 0.3) is 0 Å². The van der Waals surface area contributed by atoms with Gasteiger partial charge in [0.1, 0.15) is 17.3 Å². The van der Waals surface area contributed by atoms with Crippen molar-refractivity contribution in [3.8, 4) is 0 Å². The van der Waals surface area contributed by atoms with Crippen LogP contribution in [0.3, 0.4) is 0 Å². The third-order valence-corrected chi connectivity index (χ3v) is 2.99. The molecule has 0 amide bonds. The van der Waals surface area contributed by atoms with Crippen LogP contribution in [0, 0.1) is 0 Å². The monoisotopic (exact) mass is 261 g/mol. The summed E-state index contributed by atoms with van der Waals surface area (Å²) in [5.41, 5.74) is 0. The Morgan fingerprint density at radius 1 is 1.21 bits per heavy atom. The van der Waals surface area contributed by atoms with Crippen LogP contribution in [0.15, 0.2) is 28.9 Å². The van der Waals surface area contributed by atoms with Crippen LogP contribution >= 0.6 is 0 Å². The first-order valence-electron chi connectivity index (χ1n) is 6.88. The predicted molar refractivity (Wildman–Crippen MR) is 76.1 cm³/mol. The lowest BCUT2D eigenvalue weighted by Gasteiger charge is -2.08. The number of nitrogens with one attached hydrogen (secondary N) is 1. The first-order valence-corrected chi connectivity index (χ1v) is 6.88. The number of nitrogens with zero attached hydrogens (tertiary/aromatic N) is 2. The lowest BCUT2D eigenvalue weighted by molar-refractivity contribution is 0.424. The summed E-state index contributed by atoms with van der Waals surface area (Å²) in [4.78, 5) is 4.39. The van der Waals surface area contributed by atoms with Gasteiger partial charge in [-0.3, -0.25) is 0 Å². The van der Waals surface area contributed by atoms with Crippen LogP contribution in [0.5, 0.6) is 0 Å². The summed E-state index contributed by atoms with van der Waals surface area (Å²) in [6, 6.07) is 4.55. The molecule has 0 bridgehead atoms. The van der Waals surface area contributed by atoms with Crippen LogP contribution in [0.4, 0.5) is 0 Å². The summed E-state index contributed by atoms with van der Waals surface area (Å²) in [5, 5.41) is 3.35. The Morgan fingerprint density at radius 3 is 2.63 bits per heavy atom. The first kappa shape index (κ1) is 13.9. The van der Waals surface area contributed by atoms with Gasteiger partial charge >= 0.3 is 0 Å². The average molecular weight is 261 g/mol. The molecule has 4 nitrogen and oxygen atoms in total. The zero-order valence-corrected chi connectivity index (χ0v) is 12.2. The molecule has 1 N–H and O–H groups in total. The van der Waals surface area contributed by atoms with Crippen LogP contribution in [0.1, 0.15) is 51.0 Å². The summed E-state index contributed by atoms with van der Waals surface area (Å²) in [7, 11) is 0. The van der Waals surface area contributed by atoms with Crippen LogP contribution in [-0.4, -0.2) is 15.6 Å². The minimum atomic E-state index is 0.423. The largest absolute Gasteiger partial charge is 0.463 e. The summed E-state index contributed by atoms with van der Waals surface area (Å²) in [5.74, 6) is 3.47. The second-order valence-electron chi connectivity index (χ2n) is 5.47. The lowest BCUT2D eigenvalue weighted by atomic mass is 10.2. The third-order valence-electron chi connectivity index (χ3n) is 2.99. The van der Waals surface area contributed by atoms with Crippen molar-refractivity contribution in [2.45, 2.75) is 52.7 Å². The number of furan rings is 1. The molecule has 0 aliphatic carbocycles. The highest BCUT2D eigenvalue weighted by molar-refractivity contribution is 5.09. The van der Waals surface area contributed by atoms with Gasteiger partial charge < -0.3 is 14.3 Å². The third kappa shape index (κ3) is 3.70. The van der Waals surface area contributed by atoms with E-state index >= 15 is 0 Å². The quantitative estimate of drug-likeness (QED) is 0.868. The molecule has 0 radical (unpaired) electrons. The minimum absolute atomic E-state index is 0.423. The molecule has 104 valence electrons. The maximum Gasteiger partial charge on any atom is 0.123 e. The summed E-state index contributed by atoms with van der Waals surface area (Å²) in [6.07, 6.45) is 3.85. The highest BCUT2D eigenvalue weighted by Gasteiger charge is 2.09. The van der Waals surface area contributed by atoms with E-state index in [1.54, 1.807) is 0 Å². The van der Waals surface area contributed by atoms with Crippen molar-refractivity contribution in [1.29, 1.82) is 0 Å². The van der Waals surface area contributed by atoms with E-state index in [1.807, 2.05) is 24.5 Å². The van der Waals surface area contributed by atoms with Crippen molar-refractivity contribution in [1.82, 2.24) is 14.9 Å². The van der Waals surface area contributed by atoms with Gasteiger partial charge in [0, 0.05) is 24.4 Å². The molecule has 0 saturated carbocycles.